The molecule has 0 aliphatic carbocycles. The van der Waals surface area contributed by atoms with E-state index in [1.54, 1.807) is 0 Å². The van der Waals surface area contributed by atoms with E-state index in [1.807, 2.05) is 18.2 Å². The van der Waals surface area contributed by atoms with E-state index >= 15 is 0 Å². The van der Waals surface area contributed by atoms with Crippen LogP contribution in [0.5, 0.6) is 0 Å². The molecule has 0 N–H and O–H groups in total. The molecule has 10 bridgehead atoms. The second-order valence-electron chi connectivity index (χ2n) is 10.9. The van der Waals surface area contributed by atoms with Crippen LogP contribution < -0.4 is 0 Å². The molecule has 0 spiro atoms. The topological polar surface area (TPSA) is 38.7 Å². The first-order valence-electron chi connectivity index (χ1n) is 14.2. The third-order valence-corrected chi connectivity index (χ3v) is 8.39. The fraction of sp³-hybridized carbons (Fsp3) is 0. The predicted octanol–water partition coefficient (Wildman–Crippen LogP) is 10.2. The van der Waals surface area contributed by atoms with Gasteiger partial charge in [0.25, 0.3) is 0 Å². The zero-order valence-corrected chi connectivity index (χ0v) is 22.6. The van der Waals surface area contributed by atoms with Crippen molar-refractivity contribution in [1.82, 2.24) is 15.0 Å². The Morgan fingerprint density at radius 3 is 1.40 bits per heavy atom. The number of hydrogen-bond acceptors (Lipinski definition) is 3. The third kappa shape index (κ3) is 3.64. The van der Waals surface area contributed by atoms with Gasteiger partial charge < -0.3 is 0 Å². The highest BCUT2D eigenvalue weighted by molar-refractivity contribution is 6.22. The average Bonchev–Trinajstić information content (AvgIpc) is 3.07. The largest absolute Gasteiger partial charge is 0.208 e. The molecule has 9 aromatic rings. The Morgan fingerprint density at radius 2 is 0.762 bits per heavy atom. The second-order valence-corrected chi connectivity index (χ2v) is 10.9. The Labute approximate surface area is 241 Å². The minimum atomic E-state index is 0.662. The quantitative estimate of drug-likeness (QED) is 0.197. The SMILES string of the molecule is c1ccc(-c2nc3nc(n2)c2ccc4ccc5ccc6ccc(cc6c5c4c2)c2cccc(c2)c2cccc3c2)cc1. The molecule has 0 unspecified atom stereocenters. The van der Waals surface area contributed by atoms with Crippen molar-refractivity contribution in [3.05, 3.63) is 140 Å². The molecule has 0 aliphatic heterocycles. The number of rotatable bonds is 1. The van der Waals surface area contributed by atoms with Crippen LogP contribution in [0.1, 0.15) is 0 Å². The standard InChI is InChI=1S/C39H23N3/c1-2-6-27(7-3-1)37-40-38-32-11-5-10-30(21-32)28-8-4-9-29(20-28)31-18-14-24-12-16-26-17-13-25-15-19-33(39(41-37)42-38)23-35(25)36(26)34(24)22-31/h1-23H. The smallest absolute Gasteiger partial charge is 0.164 e. The molecule has 9 rings (SSSR count). The van der Waals surface area contributed by atoms with Crippen molar-refractivity contribution in [1.29, 1.82) is 0 Å². The normalized spacial score (nSPS) is 11.8. The summed E-state index contributed by atoms with van der Waals surface area (Å²) in [6.07, 6.45) is 0. The van der Waals surface area contributed by atoms with Crippen molar-refractivity contribution < 1.29 is 0 Å². The molecule has 3 heteroatoms. The molecule has 42 heavy (non-hydrogen) atoms. The summed E-state index contributed by atoms with van der Waals surface area (Å²) in [6.45, 7) is 0. The molecule has 194 valence electrons. The highest BCUT2D eigenvalue weighted by Gasteiger charge is 2.10. The average molecular weight is 534 g/mol. The maximum absolute atomic E-state index is 5.07. The molecule has 0 amide bonds. The van der Waals surface area contributed by atoms with Crippen LogP contribution in [-0.2, 0) is 0 Å². The second kappa shape index (κ2) is 8.92. The Morgan fingerprint density at radius 1 is 0.310 bits per heavy atom. The summed E-state index contributed by atoms with van der Waals surface area (Å²) in [5, 5.41) is 13.9. The van der Waals surface area contributed by atoms with Crippen LogP contribution in [0.3, 0.4) is 0 Å². The first kappa shape index (κ1) is 23.1. The molecule has 2 heterocycles. The van der Waals surface area contributed by atoms with Gasteiger partial charge in [-0.2, -0.15) is 0 Å². The van der Waals surface area contributed by atoms with E-state index in [0.29, 0.717) is 17.1 Å². The van der Waals surface area contributed by atoms with E-state index in [9.17, 15) is 0 Å². The van der Waals surface area contributed by atoms with Gasteiger partial charge in [-0.3, -0.25) is 0 Å². The molecule has 0 saturated heterocycles. The Bertz CT molecular complexity index is 2560. The zero-order valence-electron chi connectivity index (χ0n) is 22.6. The van der Waals surface area contributed by atoms with Gasteiger partial charge in [-0.15, -0.1) is 0 Å². The summed E-state index contributed by atoms with van der Waals surface area (Å²) in [6, 6.07) is 49.7. The lowest BCUT2D eigenvalue weighted by molar-refractivity contribution is 1.18. The van der Waals surface area contributed by atoms with Gasteiger partial charge >= 0.3 is 0 Å². The number of hydrogen-bond donors (Lipinski definition) is 0. The Kier molecular flexibility index (Phi) is 4.90. The van der Waals surface area contributed by atoms with Crippen LogP contribution in [0.25, 0.3) is 87.3 Å². The zero-order chi connectivity index (χ0) is 27.6. The molecular weight excluding hydrogens is 510 g/mol. The minimum absolute atomic E-state index is 0.662. The molecule has 0 fully saturated rings. The van der Waals surface area contributed by atoms with Crippen molar-refractivity contribution in [3.63, 3.8) is 0 Å². The minimum Gasteiger partial charge on any atom is -0.208 e. The molecule has 0 saturated carbocycles. The summed E-state index contributed by atoms with van der Waals surface area (Å²) < 4.78 is 0. The Hall–Kier alpha value is -5.67. The predicted molar refractivity (Wildman–Crippen MR) is 177 cm³/mol. The van der Waals surface area contributed by atoms with E-state index in [1.165, 1.54) is 43.1 Å². The fourth-order valence-electron chi connectivity index (χ4n) is 6.26. The molecule has 3 nitrogen and oxygen atoms in total. The molecule has 7 aromatic carbocycles. The highest BCUT2D eigenvalue weighted by atomic mass is 15.0. The van der Waals surface area contributed by atoms with Crippen LogP contribution >= 0.6 is 0 Å². The molecule has 2 aromatic heterocycles. The van der Waals surface area contributed by atoms with Gasteiger partial charge in [0.05, 0.1) is 0 Å². The summed E-state index contributed by atoms with van der Waals surface area (Å²) in [4.78, 5) is 15.1. The maximum Gasteiger partial charge on any atom is 0.164 e. The van der Waals surface area contributed by atoms with E-state index < -0.39 is 0 Å². The number of aromatic nitrogens is 3. The van der Waals surface area contributed by atoms with Crippen LogP contribution in [0.4, 0.5) is 0 Å². The van der Waals surface area contributed by atoms with Gasteiger partial charge in [0.2, 0.25) is 0 Å². The van der Waals surface area contributed by atoms with Gasteiger partial charge in [-0.1, -0.05) is 115 Å². The number of fused-ring (bicyclic) bond motifs is 12. The van der Waals surface area contributed by atoms with E-state index in [2.05, 4.69) is 121 Å². The van der Waals surface area contributed by atoms with E-state index in [0.717, 1.165) is 27.1 Å². The molecule has 0 radical (unpaired) electrons. The summed E-state index contributed by atoms with van der Waals surface area (Å²) in [5.41, 5.74) is 2.29. The van der Waals surface area contributed by atoms with E-state index in [-0.39, 0.29) is 0 Å². The lowest BCUT2D eigenvalue weighted by atomic mass is 9.94. The lowest BCUT2D eigenvalue weighted by Crippen LogP contribution is -1.94. The van der Waals surface area contributed by atoms with Crippen LogP contribution in [0.15, 0.2) is 140 Å². The molecular formula is C39H23N3. The maximum atomic E-state index is 5.07. The Balaban J connectivity index is 1.56. The van der Waals surface area contributed by atoms with Crippen LogP contribution in [-0.4, -0.2) is 15.0 Å². The van der Waals surface area contributed by atoms with Gasteiger partial charge in [0, 0.05) is 16.3 Å². The number of benzene rings is 7. The summed E-state index contributed by atoms with van der Waals surface area (Å²) in [5.74, 6) is 0.664. The summed E-state index contributed by atoms with van der Waals surface area (Å²) in [7, 11) is 0. The molecule has 0 aliphatic rings. The van der Waals surface area contributed by atoms with Crippen LogP contribution in [0.2, 0.25) is 0 Å². The lowest BCUT2D eigenvalue weighted by Gasteiger charge is -2.10. The summed E-state index contributed by atoms with van der Waals surface area (Å²) >= 11 is 0. The van der Waals surface area contributed by atoms with E-state index in [4.69, 9.17) is 15.0 Å². The third-order valence-electron chi connectivity index (χ3n) is 8.39. The number of nitrogens with zero attached hydrogens (tertiary/aromatic N) is 3. The van der Waals surface area contributed by atoms with Gasteiger partial charge in [0.1, 0.15) is 0 Å². The fourth-order valence-corrected chi connectivity index (χ4v) is 6.26. The van der Waals surface area contributed by atoms with Crippen molar-refractivity contribution in [2.45, 2.75) is 0 Å². The monoisotopic (exact) mass is 533 g/mol. The van der Waals surface area contributed by atoms with Gasteiger partial charge in [0.15, 0.2) is 17.1 Å². The van der Waals surface area contributed by atoms with Crippen molar-refractivity contribution >= 4 is 75.9 Å². The highest BCUT2D eigenvalue weighted by Crippen LogP contribution is 2.35. The van der Waals surface area contributed by atoms with Crippen molar-refractivity contribution in [3.8, 4) is 11.4 Å². The molecule has 0 atom stereocenters. The van der Waals surface area contributed by atoms with Gasteiger partial charge in [-0.25, -0.2) is 15.0 Å². The van der Waals surface area contributed by atoms with Crippen LogP contribution in [0, 0.1) is 0 Å². The first-order chi connectivity index (χ1) is 20.8. The first-order valence-corrected chi connectivity index (χ1v) is 14.2. The van der Waals surface area contributed by atoms with Gasteiger partial charge in [-0.05, 0) is 78.1 Å². The van der Waals surface area contributed by atoms with Crippen molar-refractivity contribution in [2.75, 3.05) is 0 Å². The van der Waals surface area contributed by atoms with Crippen molar-refractivity contribution in [2.24, 2.45) is 0 Å².